The molecule has 3 aromatic rings. The molecule has 1 heterocycles. The number of hydrogen-bond acceptors (Lipinski definition) is 9. The number of amides is 1. The standard InChI is InChI=1S/C39H51N5O7S/c45-35(28-41-19-21-42(29-36(46)47)23-25-44(31-38(50)51)26-24-43(22-20-41)30-37(48)49)40-18-10-11-27-52-39(32-12-4-1-5-13-32,33-14-6-2-7-15-33)34-16-8-3-9-17-34/h1-9,12-17H,10-11,18-31H2,(H,40,45)(H,46,47)(H,48,49)(H,50,51). The number of thioether (sulfide) groups is 1. The zero-order chi connectivity index (χ0) is 37.2. The third kappa shape index (κ3) is 13.1. The quantitative estimate of drug-likeness (QED) is 0.119. The van der Waals surface area contributed by atoms with Gasteiger partial charge in [-0.3, -0.25) is 38.8 Å². The fourth-order valence-electron chi connectivity index (χ4n) is 6.49. The zero-order valence-corrected chi connectivity index (χ0v) is 30.5. The summed E-state index contributed by atoms with van der Waals surface area (Å²) in [5.74, 6) is -2.25. The Bertz CT molecular complexity index is 1420. The predicted octanol–water partition coefficient (Wildman–Crippen LogP) is 3.08. The first-order chi connectivity index (χ1) is 25.2. The Morgan fingerprint density at radius 2 is 0.846 bits per heavy atom. The highest BCUT2D eigenvalue weighted by molar-refractivity contribution is 8.00. The summed E-state index contributed by atoms with van der Waals surface area (Å²) >= 11 is 1.89. The van der Waals surface area contributed by atoms with Crippen LogP contribution in [0.5, 0.6) is 0 Å². The summed E-state index contributed by atoms with van der Waals surface area (Å²) < 4.78 is -0.397. The second kappa shape index (κ2) is 21.3. The van der Waals surface area contributed by atoms with Gasteiger partial charge in [0.15, 0.2) is 0 Å². The van der Waals surface area contributed by atoms with Crippen molar-refractivity contribution in [2.24, 2.45) is 0 Å². The van der Waals surface area contributed by atoms with Crippen molar-refractivity contribution in [2.45, 2.75) is 17.6 Å². The van der Waals surface area contributed by atoms with Crippen LogP contribution in [0.25, 0.3) is 0 Å². The predicted molar refractivity (Wildman–Crippen MR) is 203 cm³/mol. The van der Waals surface area contributed by atoms with E-state index in [4.69, 9.17) is 0 Å². The highest BCUT2D eigenvalue weighted by Gasteiger charge is 2.36. The number of hydrogen-bond donors (Lipinski definition) is 4. The van der Waals surface area contributed by atoms with Crippen molar-refractivity contribution in [3.63, 3.8) is 0 Å². The van der Waals surface area contributed by atoms with Crippen LogP contribution in [0.2, 0.25) is 0 Å². The fourth-order valence-corrected chi connectivity index (χ4v) is 8.06. The van der Waals surface area contributed by atoms with Gasteiger partial charge in [0.1, 0.15) is 0 Å². The molecular weight excluding hydrogens is 683 g/mol. The number of unbranched alkanes of at least 4 members (excludes halogenated alkanes) is 1. The van der Waals surface area contributed by atoms with Crippen LogP contribution in [0, 0.1) is 0 Å². The van der Waals surface area contributed by atoms with Gasteiger partial charge in [-0.1, -0.05) is 91.0 Å². The molecule has 0 bridgehead atoms. The van der Waals surface area contributed by atoms with Gasteiger partial charge in [-0.2, -0.15) is 0 Å². The molecule has 52 heavy (non-hydrogen) atoms. The number of carboxylic acids is 3. The summed E-state index contributed by atoms with van der Waals surface area (Å²) in [6, 6.07) is 31.7. The van der Waals surface area contributed by atoms with Gasteiger partial charge in [0, 0.05) is 58.9 Å². The molecule has 0 saturated carbocycles. The maximum Gasteiger partial charge on any atom is 0.317 e. The van der Waals surface area contributed by atoms with Gasteiger partial charge in [0.2, 0.25) is 5.91 Å². The van der Waals surface area contributed by atoms with Gasteiger partial charge in [-0.25, -0.2) is 0 Å². The van der Waals surface area contributed by atoms with Gasteiger partial charge < -0.3 is 20.6 Å². The Hall–Kier alpha value is -4.27. The van der Waals surface area contributed by atoms with Crippen molar-refractivity contribution in [3.05, 3.63) is 108 Å². The average Bonchev–Trinajstić information content (AvgIpc) is 3.13. The molecule has 0 aliphatic carbocycles. The molecule has 1 aliphatic rings. The van der Waals surface area contributed by atoms with Crippen LogP contribution in [0.4, 0.5) is 0 Å². The molecule has 0 spiro atoms. The highest BCUT2D eigenvalue weighted by atomic mass is 32.2. The largest absolute Gasteiger partial charge is 0.480 e. The normalized spacial score (nSPS) is 16.0. The van der Waals surface area contributed by atoms with E-state index in [9.17, 15) is 34.5 Å². The lowest BCUT2D eigenvalue weighted by atomic mass is 9.84. The third-order valence-corrected chi connectivity index (χ3v) is 10.8. The number of carbonyl (C=O) groups excluding carboxylic acids is 1. The van der Waals surface area contributed by atoms with Gasteiger partial charge in [-0.05, 0) is 35.3 Å². The second-order valence-corrected chi connectivity index (χ2v) is 14.3. The first-order valence-electron chi connectivity index (χ1n) is 17.8. The Kier molecular flexibility index (Phi) is 16.6. The molecule has 13 heteroatoms. The monoisotopic (exact) mass is 733 g/mol. The Balaban J connectivity index is 1.35. The van der Waals surface area contributed by atoms with E-state index in [1.54, 1.807) is 14.7 Å². The first kappa shape index (κ1) is 40.5. The lowest BCUT2D eigenvalue weighted by Gasteiger charge is -2.35. The molecule has 0 atom stereocenters. The van der Waals surface area contributed by atoms with E-state index in [1.165, 1.54) is 16.7 Å². The summed E-state index contributed by atoms with van der Waals surface area (Å²) in [6.07, 6.45) is 1.68. The molecule has 0 aromatic heterocycles. The maximum atomic E-state index is 13.2. The number of rotatable bonds is 17. The highest BCUT2D eigenvalue weighted by Crippen LogP contribution is 2.48. The van der Waals surface area contributed by atoms with E-state index in [0.29, 0.717) is 58.9 Å². The molecule has 12 nitrogen and oxygen atoms in total. The summed E-state index contributed by atoms with van der Waals surface area (Å²) in [4.78, 5) is 54.9. The van der Waals surface area contributed by atoms with Crippen LogP contribution in [0.15, 0.2) is 91.0 Å². The third-order valence-electron chi connectivity index (χ3n) is 9.13. The maximum absolute atomic E-state index is 13.2. The van der Waals surface area contributed by atoms with Crippen molar-refractivity contribution < 1.29 is 34.5 Å². The molecule has 1 fully saturated rings. The molecule has 1 saturated heterocycles. The molecule has 4 rings (SSSR count). The number of carboxylic acid groups (broad SMARTS) is 3. The van der Waals surface area contributed by atoms with E-state index >= 15 is 0 Å². The Morgan fingerprint density at radius 1 is 0.519 bits per heavy atom. The van der Waals surface area contributed by atoms with Gasteiger partial charge in [0.25, 0.3) is 0 Å². The molecule has 3 aromatic carbocycles. The SMILES string of the molecule is O=C(O)CN1CCN(CC(=O)O)CCN(CC(=O)NCCCCSC(c2ccccc2)(c2ccccc2)c2ccccc2)CCN(CC(=O)O)CC1. The van der Waals surface area contributed by atoms with Gasteiger partial charge >= 0.3 is 17.9 Å². The van der Waals surface area contributed by atoms with E-state index in [1.807, 2.05) is 34.9 Å². The van der Waals surface area contributed by atoms with Crippen molar-refractivity contribution in [1.29, 1.82) is 0 Å². The van der Waals surface area contributed by atoms with Crippen LogP contribution in [-0.4, -0.2) is 150 Å². The number of aliphatic carboxylic acids is 3. The van der Waals surface area contributed by atoms with Crippen molar-refractivity contribution >= 4 is 35.6 Å². The molecule has 0 unspecified atom stereocenters. The van der Waals surface area contributed by atoms with E-state index in [2.05, 4.69) is 78.1 Å². The number of carbonyl (C=O) groups is 4. The minimum atomic E-state index is -1.00. The number of nitrogens with zero attached hydrogens (tertiary/aromatic N) is 4. The number of benzene rings is 3. The summed E-state index contributed by atoms with van der Waals surface area (Å²) in [5, 5.41) is 31.4. The van der Waals surface area contributed by atoms with E-state index < -0.39 is 22.7 Å². The first-order valence-corrected chi connectivity index (χ1v) is 18.8. The topological polar surface area (TPSA) is 154 Å². The molecule has 0 radical (unpaired) electrons. The summed E-state index contributed by atoms with van der Waals surface area (Å²) in [5.41, 5.74) is 3.62. The second-order valence-electron chi connectivity index (χ2n) is 13.0. The summed E-state index contributed by atoms with van der Waals surface area (Å²) in [7, 11) is 0. The van der Waals surface area contributed by atoms with E-state index in [-0.39, 0.29) is 32.1 Å². The van der Waals surface area contributed by atoms with Crippen molar-refractivity contribution in [1.82, 2.24) is 24.9 Å². The van der Waals surface area contributed by atoms with Crippen LogP contribution < -0.4 is 5.32 Å². The van der Waals surface area contributed by atoms with Crippen LogP contribution in [0.3, 0.4) is 0 Å². The smallest absolute Gasteiger partial charge is 0.317 e. The Morgan fingerprint density at radius 3 is 1.17 bits per heavy atom. The minimum absolute atomic E-state index is 0.0981. The van der Waals surface area contributed by atoms with Crippen molar-refractivity contribution in [2.75, 3.05) is 90.8 Å². The van der Waals surface area contributed by atoms with Crippen molar-refractivity contribution in [3.8, 4) is 0 Å². The lowest BCUT2D eigenvalue weighted by molar-refractivity contribution is -0.140. The lowest BCUT2D eigenvalue weighted by Crippen LogP contribution is -2.49. The molecule has 1 amide bonds. The van der Waals surface area contributed by atoms with Gasteiger partial charge in [-0.15, -0.1) is 11.8 Å². The van der Waals surface area contributed by atoms with Crippen LogP contribution in [-0.2, 0) is 23.9 Å². The Labute approximate surface area is 310 Å². The molecule has 4 N–H and O–H groups in total. The fraction of sp³-hybridized carbons (Fsp3) is 0.436. The average molecular weight is 734 g/mol. The van der Waals surface area contributed by atoms with E-state index in [0.717, 1.165) is 18.6 Å². The summed E-state index contributed by atoms with van der Waals surface area (Å²) in [6.45, 7) is 2.81. The molecular formula is C39H51N5O7S. The molecule has 1 aliphatic heterocycles. The van der Waals surface area contributed by atoms with Gasteiger partial charge in [0.05, 0.1) is 30.9 Å². The van der Waals surface area contributed by atoms with Crippen LogP contribution >= 0.6 is 11.8 Å². The molecule has 280 valence electrons. The zero-order valence-electron chi connectivity index (χ0n) is 29.6. The minimum Gasteiger partial charge on any atom is -0.480 e. The number of nitrogens with one attached hydrogen (secondary N) is 1. The van der Waals surface area contributed by atoms with Crippen LogP contribution in [0.1, 0.15) is 29.5 Å².